The lowest BCUT2D eigenvalue weighted by atomic mass is 10.2. The van der Waals surface area contributed by atoms with Gasteiger partial charge in [-0.2, -0.15) is 5.10 Å². The average Bonchev–Trinajstić information content (AvgIpc) is 3.01. The molecule has 2 atom stereocenters. The molecule has 2 aromatic heterocycles. The molecule has 0 fully saturated rings. The number of amides is 2. The van der Waals surface area contributed by atoms with Crippen LogP contribution >= 0.6 is 11.3 Å². The quantitative estimate of drug-likeness (QED) is 0.741. The number of fused-ring (bicyclic) bond motifs is 1. The molecule has 2 aromatic rings. The molecule has 0 aromatic carbocycles. The highest BCUT2D eigenvalue weighted by molar-refractivity contribution is 7.20. The van der Waals surface area contributed by atoms with Crippen LogP contribution in [0.1, 0.15) is 29.2 Å². The Morgan fingerprint density at radius 3 is 2.48 bits per heavy atom. The van der Waals surface area contributed by atoms with Crippen LogP contribution in [0.5, 0.6) is 0 Å². The number of carboxylic acid groups (broad SMARTS) is 1. The molecule has 0 aliphatic carbocycles. The Morgan fingerprint density at radius 2 is 1.91 bits per heavy atom. The summed E-state index contributed by atoms with van der Waals surface area (Å²) in [5, 5.41) is 18.8. The second-order valence-electron chi connectivity index (χ2n) is 5.30. The van der Waals surface area contributed by atoms with Gasteiger partial charge in [0.05, 0.1) is 10.6 Å². The van der Waals surface area contributed by atoms with Crippen molar-refractivity contribution in [3.63, 3.8) is 0 Å². The van der Waals surface area contributed by atoms with E-state index in [0.717, 1.165) is 15.9 Å². The molecule has 1 unspecified atom stereocenters. The van der Waals surface area contributed by atoms with E-state index in [-0.39, 0.29) is 5.91 Å². The lowest BCUT2D eigenvalue weighted by Crippen LogP contribution is -2.49. The first kappa shape index (κ1) is 16.9. The van der Waals surface area contributed by atoms with Gasteiger partial charge in [0.25, 0.3) is 5.91 Å². The molecule has 0 bridgehead atoms. The van der Waals surface area contributed by atoms with Crippen molar-refractivity contribution in [3.8, 4) is 0 Å². The summed E-state index contributed by atoms with van der Waals surface area (Å²) in [5.74, 6) is -2.06. The number of nitrogens with zero attached hydrogens (tertiary/aromatic N) is 2. The first-order valence-electron chi connectivity index (χ1n) is 6.98. The molecule has 124 valence electrons. The van der Waals surface area contributed by atoms with Crippen LogP contribution in [0, 0.1) is 6.92 Å². The van der Waals surface area contributed by atoms with E-state index in [2.05, 4.69) is 15.7 Å². The molecule has 2 heterocycles. The fourth-order valence-corrected chi connectivity index (χ4v) is 3.08. The van der Waals surface area contributed by atoms with Crippen LogP contribution in [0.2, 0.25) is 0 Å². The minimum Gasteiger partial charge on any atom is -0.480 e. The minimum absolute atomic E-state index is 0.378. The van der Waals surface area contributed by atoms with Crippen LogP contribution in [-0.4, -0.2) is 44.8 Å². The van der Waals surface area contributed by atoms with Crippen LogP contribution in [0.3, 0.4) is 0 Å². The largest absolute Gasteiger partial charge is 0.480 e. The van der Waals surface area contributed by atoms with Crippen molar-refractivity contribution in [2.45, 2.75) is 32.9 Å². The monoisotopic (exact) mass is 338 g/mol. The molecule has 3 N–H and O–H groups in total. The number of carbonyl (C=O) groups excluding carboxylic acids is 2. The first-order chi connectivity index (χ1) is 10.7. The molecular weight excluding hydrogens is 320 g/mol. The summed E-state index contributed by atoms with van der Waals surface area (Å²) in [4.78, 5) is 36.2. The number of hydrogen-bond donors (Lipinski definition) is 3. The number of thiophene rings is 1. The van der Waals surface area contributed by atoms with Crippen molar-refractivity contribution in [1.29, 1.82) is 0 Å². The zero-order valence-corrected chi connectivity index (χ0v) is 14.0. The van der Waals surface area contributed by atoms with E-state index >= 15 is 0 Å². The van der Waals surface area contributed by atoms with E-state index in [1.165, 1.54) is 25.2 Å². The van der Waals surface area contributed by atoms with E-state index in [1.54, 1.807) is 17.8 Å². The third-order valence-corrected chi connectivity index (χ3v) is 4.59. The number of hydrogen-bond acceptors (Lipinski definition) is 5. The van der Waals surface area contributed by atoms with Gasteiger partial charge in [-0.05, 0) is 26.8 Å². The summed E-state index contributed by atoms with van der Waals surface area (Å²) < 4.78 is 1.71. The molecule has 0 aliphatic heterocycles. The normalized spacial score (nSPS) is 13.6. The predicted octanol–water partition coefficient (Wildman–Crippen LogP) is 0.651. The number of rotatable bonds is 5. The molecule has 0 saturated carbocycles. The molecule has 0 saturated heterocycles. The second kappa shape index (κ2) is 6.37. The summed E-state index contributed by atoms with van der Waals surface area (Å²) in [6.07, 6.45) is 0. The summed E-state index contributed by atoms with van der Waals surface area (Å²) in [6, 6.07) is -0.115. The average molecular weight is 338 g/mol. The summed E-state index contributed by atoms with van der Waals surface area (Å²) in [7, 11) is 1.80. The van der Waals surface area contributed by atoms with Crippen molar-refractivity contribution in [1.82, 2.24) is 20.4 Å². The highest BCUT2D eigenvalue weighted by Gasteiger charge is 2.22. The maximum absolute atomic E-state index is 12.2. The van der Waals surface area contributed by atoms with E-state index in [4.69, 9.17) is 5.11 Å². The molecule has 0 spiro atoms. The first-order valence-corrected chi connectivity index (χ1v) is 7.79. The summed E-state index contributed by atoms with van der Waals surface area (Å²) in [6.45, 7) is 4.72. The van der Waals surface area contributed by atoms with Crippen LogP contribution in [0.25, 0.3) is 10.2 Å². The van der Waals surface area contributed by atoms with Crippen LogP contribution in [-0.2, 0) is 16.6 Å². The zero-order chi connectivity index (χ0) is 17.3. The van der Waals surface area contributed by atoms with Crippen LogP contribution in [0.4, 0.5) is 0 Å². The van der Waals surface area contributed by atoms with Crippen LogP contribution in [0.15, 0.2) is 6.07 Å². The summed E-state index contributed by atoms with van der Waals surface area (Å²) in [5.41, 5.74) is 0.832. The van der Waals surface area contributed by atoms with Gasteiger partial charge in [-0.1, -0.05) is 0 Å². The lowest BCUT2D eigenvalue weighted by molar-refractivity contribution is -0.141. The van der Waals surface area contributed by atoms with Crippen molar-refractivity contribution < 1.29 is 19.5 Å². The van der Waals surface area contributed by atoms with Gasteiger partial charge in [0.1, 0.15) is 16.9 Å². The summed E-state index contributed by atoms with van der Waals surface area (Å²) >= 11 is 1.29. The smallest absolute Gasteiger partial charge is 0.325 e. The fourth-order valence-electron chi connectivity index (χ4n) is 2.05. The molecule has 2 amide bonds. The van der Waals surface area contributed by atoms with Crippen LogP contribution < -0.4 is 10.6 Å². The maximum Gasteiger partial charge on any atom is 0.325 e. The van der Waals surface area contributed by atoms with Crippen molar-refractivity contribution in [2.24, 2.45) is 7.05 Å². The Labute approximate surface area is 136 Å². The van der Waals surface area contributed by atoms with Crippen molar-refractivity contribution in [2.75, 3.05) is 0 Å². The highest BCUT2D eigenvalue weighted by Crippen LogP contribution is 2.27. The standard InChI is InChI=1S/C14H18N4O4S/c1-6-9-5-10(23-13(9)18(4)17-6)12(20)15-7(2)11(19)16-8(3)14(21)22/h5,7-8H,1-4H3,(H,15,20)(H,16,19)(H,21,22)/t7?,8-/m0/s1. The van der Waals surface area contributed by atoms with Gasteiger partial charge in [0.15, 0.2) is 0 Å². The molecule has 0 radical (unpaired) electrons. The van der Waals surface area contributed by atoms with Gasteiger partial charge in [-0.25, -0.2) is 0 Å². The van der Waals surface area contributed by atoms with E-state index in [1.807, 2.05) is 6.92 Å². The SMILES string of the molecule is Cc1nn(C)c2sc(C(=O)NC(C)C(=O)N[C@@H](C)C(=O)O)cc12. The number of nitrogens with one attached hydrogen (secondary N) is 2. The topological polar surface area (TPSA) is 113 Å². The highest BCUT2D eigenvalue weighted by atomic mass is 32.1. The molecule has 0 aliphatic rings. The molecule has 9 heteroatoms. The number of aromatic nitrogens is 2. The zero-order valence-electron chi connectivity index (χ0n) is 13.2. The Morgan fingerprint density at radius 1 is 1.26 bits per heavy atom. The van der Waals surface area contributed by atoms with Gasteiger partial charge in [-0.15, -0.1) is 11.3 Å². The van der Waals surface area contributed by atoms with Gasteiger partial charge < -0.3 is 15.7 Å². The van der Waals surface area contributed by atoms with Crippen molar-refractivity contribution >= 4 is 39.3 Å². The third kappa shape index (κ3) is 3.50. The van der Waals surface area contributed by atoms with Gasteiger partial charge >= 0.3 is 5.97 Å². The third-order valence-electron chi connectivity index (χ3n) is 3.39. The molecule has 23 heavy (non-hydrogen) atoms. The minimum atomic E-state index is -1.13. The Bertz CT molecular complexity index is 745. The van der Waals surface area contributed by atoms with Gasteiger partial charge in [0, 0.05) is 12.4 Å². The van der Waals surface area contributed by atoms with Gasteiger partial charge in [-0.3, -0.25) is 19.1 Å². The Kier molecular flexibility index (Phi) is 4.69. The molecule has 2 rings (SSSR count). The Balaban J connectivity index is 2.06. The number of carboxylic acids is 1. The number of aliphatic carboxylic acids is 1. The second-order valence-corrected chi connectivity index (χ2v) is 6.33. The van der Waals surface area contributed by atoms with E-state index in [0.29, 0.717) is 4.88 Å². The maximum atomic E-state index is 12.2. The van der Waals surface area contributed by atoms with Gasteiger partial charge in [0.2, 0.25) is 5.91 Å². The van der Waals surface area contributed by atoms with Crippen molar-refractivity contribution in [3.05, 3.63) is 16.6 Å². The lowest BCUT2D eigenvalue weighted by Gasteiger charge is -2.15. The molecule has 8 nitrogen and oxygen atoms in total. The fraction of sp³-hybridized carbons (Fsp3) is 0.429. The van der Waals surface area contributed by atoms with E-state index < -0.39 is 24.0 Å². The Hall–Kier alpha value is -2.42. The van der Waals surface area contributed by atoms with E-state index in [9.17, 15) is 14.4 Å². The number of aryl methyl sites for hydroxylation is 2. The number of carbonyl (C=O) groups is 3. The molecular formula is C14H18N4O4S. The predicted molar refractivity (Wildman–Crippen MR) is 85.5 cm³/mol.